The lowest BCUT2D eigenvalue weighted by Crippen LogP contribution is -2.15. The first kappa shape index (κ1) is 14.9. The summed E-state index contributed by atoms with van der Waals surface area (Å²) < 4.78 is 13.0. The zero-order valence-corrected chi connectivity index (χ0v) is 12.0. The molecule has 2 heteroatoms. The molecule has 1 aromatic rings. The van der Waals surface area contributed by atoms with E-state index >= 15 is 0 Å². The molecule has 0 aliphatic heterocycles. The third kappa shape index (κ3) is 4.59. The highest BCUT2D eigenvalue weighted by molar-refractivity contribution is 5.97. The maximum Gasteiger partial charge on any atom is 0.163 e. The molecule has 0 aromatic heterocycles. The summed E-state index contributed by atoms with van der Waals surface area (Å²) in [6.45, 7) is 10.4. The summed E-state index contributed by atoms with van der Waals surface area (Å²) in [5, 5.41) is 0. The van der Waals surface area contributed by atoms with Gasteiger partial charge in [-0.1, -0.05) is 27.7 Å². The number of halogens is 1. The first-order valence-corrected chi connectivity index (χ1v) is 6.48. The molecule has 0 saturated heterocycles. The van der Waals surface area contributed by atoms with Crippen molar-refractivity contribution in [3.63, 3.8) is 0 Å². The van der Waals surface area contributed by atoms with Gasteiger partial charge in [-0.25, -0.2) is 4.39 Å². The average Bonchev–Trinajstić information content (AvgIpc) is 2.13. The Morgan fingerprint density at radius 1 is 1.33 bits per heavy atom. The van der Waals surface area contributed by atoms with Crippen molar-refractivity contribution in [1.82, 2.24) is 0 Å². The molecule has 18 heavy (non-hydrogen) atoms. The van der Waals surface area contributed by atoms with E-state index in [0.29, 0.717) is 17.9 Å². The normalized spacial score (nSPS) is 13.4. The van der Waals surface area contributed by atoms with Crippen molar-refractivity contribution in [1.29, 1.82) is 0 Å². The van der Waals surface area contributed by atoms with Crippen LogP contribution < -0.4 is 0 Å². The van der Waals surface area contributed by atoms with E-state index in [1.54, 1.807) is 13.0 Å². The van der Waals surface area contributed by atoms with Gasteiger partial charge in [0.2, 0.25) is 0 Å². The summed E-state index contributed by atoms with van der Waals surface area (Å²) >= 11 is 0. The molecule has 0 amide bonds. The Balaban J connectivity index is 2.71. The third-order valence-corrected chi connectivity index (χ3v) is 2.98. The van der Waals surface area contributed by atoms with Crippen molar-refractivity contribution in [2.24, 2.45) is 11.3 Å². The molecule has 0 spiro atoms. The molecule has 100 valence electrons. The van der Waals surface area contributed by atoms with Crippen LogP contribution in [0.3, 0.4) is 0 Å². The molecular weight excluding hydrogens is 227 g/mol. The van der Waals surface area contributed by atoms with Crippen LogP contribution in [0, 0.1) is 24.1 Å². The highest BCUT2D eigenvalue weighted by atomic mass is 19.1. The molecule has 0 aliphatic carbocycles. The van der Waals surface area contributed by atoms with E-state index in [0.717, 1.165) is 12.0 Å². The van der Waals surface area contributed by atoms with Gasteiger partial charge in [-0.05, 0) is 48.4 Å². The van der Waals surface area contributed by atoms with Crippen molar-refractivity contribution >= 4 is 5.78 Å². The predicted octanol–water partition coefficient (Wildman–Crippen LogP) is 4.78. The van der Waals surface area contributed by atoms with Gasteiger partial charge < -0.3 is 0 Å². The molecular formula is C16H23FO. The van der Waals surface area contributed by atoms with Crippen molar-refractivity contribution in [3.8, 4) is 0 Å². The lowest BCUT2D eigenvalue weighted by molar-refractivity contribution is 0.0953. The number of aryl methyl sites for hydroxylation is 1. The highest BCUT2D eigenvalue weighted by Gasteiger charge is 2.19. The summed E-state index contributed by atoms with van der Waals surface area (Å²) in [4.78, 5) is 12.2. The van der Waals surface area contributed by atoms with E-state index in [9.17, 15) is 9.18 Å². The molecule has 1 atom stereocenters. The minimum absolute atomic E-state index is 0.115. The van der Waals surface area contributed by atoms with Crippen LogP contribution in [0.15, 0.2) is 18.2 Å². The molecule has 1 rings (SSSR count). The lowest BCUT2D eigenvalue weighted by Gasteiger charge is -2.22. The highest BCUT2D eigenvalue weighted by Crippen LogP contribution is 2.27. The van der Waals surface area contributed by atoms with Crippen LogP contribution in [0.25, 0.3) is 0 Å². The minimum Gasteiger partial charge on any atom is -0.294 e. The number of Topliss-reactive ketones (excluding diaryl/α,β-unsaturated/α-hetero) is 1. The van der Waals surface area contributed by atoms with Gasteiger partial charge in [0.1, 0.15) is 5.82 Å². The lowest BCUT2D eigenvalue weighted by atomic mass is 9.82. The van der Waals surface area contributed by atoms with Gasteiger partial charge in [-0.3, -0.25) is 4.79 Å². The van der Waals surface area contributed by atoms with Gasteiger partial charge in [0, 0.05) is 12.0 Å². The summed E-state index contributed by atoms with van der Waals surface area (Å²) in [6, 6.07) is 4.37. The van der Waals surface area contributed by atoms with Crippen LogP contribution in [-0.4, -0.2) is 5.78 Å². The molecule has 0 radical (unpaired) electrons. The Morgan fingerprint density at radius 3 is 2.44 bits per heavy atom. The van der Waals surface area contributed by atoms with Crippen molar-refractivity contribution in [2.45, 2.75) is 47.5 Å². The molecule has 0 N–H and O–H groups in total. The quantitative estimate of drug-likeness (QED) is 0.703. The molecule has 0 saturated carbocycles. The SMILES string of the molecule is Cc1cc(F)ccc1C(=O)CC(C)CC(C)(C)C. The summed E-state index contributed by atoms with van der Waals surface area (Å²) in [6.07, 6.45) is 1.54. The second-order valence-corrected chi connectivity index (χ2v) is 6.46. The van der Waals surface area contributed by atoms with Crippen LogP contribution in [-0.2, 0) is 0 Å². The number of hydrogen-bond donors (Lipinski definition) is 0. The topological polar surface area (TPSA) is 17.1 Å². The van der Waals surface area contributed by atoms with E-state index in [-0.39, 0.29) is 17.0 Å². The second-order valence-electron chi connectivity index (χ2n) is 6.46. The van der Waals surface area contributed by atoms with Gasteiger partial charge in [0.25, 0.3) is 0 Å². The van der Waals surface area contributed by atoms with Crippen LogP contribution in [0.5, 0.6) is 0 Å². The summed E-state index contributed by atoms with van der Waals surface area (Å²) in [5.74, 6) is 0.179. The Hall–Kier alpha value is -1.18. The van der Waals surface area contributed by atoms with Crippen LogP contribution in [0.4, 0.5) is 4.39 Å². The number of benzene rings is 1. The second kappa shape index (κ2) is 5.64. The number of hydrogen-bond acceptors (Lipinski definition) is 1. The molecule has 0 heterocycles. The van der Waals surface area contributed by atoms with Crippen LogP contribution in [0.1, 0.15) is 56.5 Å². The Kier molecular flexibility index (Phi) is 4.66. The summed E-state index contributed by atoms with van der Waals surface area (Å²) in [7, 11) is 0. The first-order valence-electron chi connectivity index (χ1n) is 6.48. The van der Waals surface area contributed by atoms with Crippen molar-refractivity contribution in [2.75, 3.05) is 0 Å². The molecule has 0 fully saturated rings. The predicted molar refractivity (Wildman–Crippen MR) is 73.3 cm³/mol. The van der Waals surface area contributed by atoms with Crippen LogP contribution in [0.2, 0.25) is 0 Å². The Bertz CT molecular complexity index is 429. The Morgan fingerprint density at radius 2 is 1.94 bits per heavy atom. The smallest absolute Gasteiger partial charge is 0.163 e. The fourth-order valence-electron chi connectivity index (χ4n) is 2.48. The monoisotopic (exact) mass is 250 g/mol. The van der Waals surface area contributed by atoms with Gasteiger partial charge in [0.05, 0.1) is 0 Å². The van der Waals surface area contributed by atoms with E-state index < -0.39 is 0 Å². The van der Waals surface area contributed by atoms with Crippen LogP contribution >= 0.6 is 0 Å². The maximum atomic E-state index is 13.0. The van der Waals surface area contributed by atoms with Gasteiger partial charge in [-0.15, -0.1) is 0 Å². The van der Waals surface area contributed by atoms with Gasteiger partial charge in [-0.2, -0.15) is 0 Å². The van der Waals surface area contributed by atoms with Gasteiger partial charge >= 0.3 is 0 Å². The number of carbonyl (C=O) groups excluding carboxylic acids is 1. The number of carbonyl (C=O) groups is 1. The third-order valence-electron chi connectivity index (χ3n) is 2.98. The number of rotatable bonds is 4. The van der Waals surface area contributed by atoms with Crippen molar-refractivity contribution in [3.05, 3.63) is 35.1 Å². The minimum atomic E-state index is -0.285. The molecule has 0 aliphatic rings. The molecule has 1 nitrogen and oxygen atoms in total. The maximum absolute atomic E-state index is 13.0. The van der Waals surface area contributed by atoms with E-state index in [1.807, 2.05) is 0 Å². The fraction of sp³-hybridized carbons (Fsp3) is 0.562. The Labute approximate surface area is 109 Å². The van der Waals surface area contributed by atoms with Gasteiger partial charge in [0.15, 0.2) is 5.78 Å². The molecule has 0 bridgehead atoms. The average molecular weight is 250 g/mol. The van der Waals surface area contributed by atoms with E-state index in [2.05, 4.69) is 27.7 Å². The van der Waals surface area contributed by atoms with E-state index in [4.69, 9.17) is 0 Å². The fourth-order valence-corrected chi connectivity index (χ4v) is 2.48. The molecule has 1 aromatic carbocycles. The van der Waals surface area contributed by atoms with Crippen molar-refractivity contribution < 1.29 is 9.18 Å². The molecule has 1 unspecified atom stereocenters. The number of ketones is 1. The zero-order chi connectivity index (χ0) is 13.9. The zero-order valence-electron chi connectivity index (χ0n) is 12.0. The standard InChI is InChI=1S/C16H23FO/c1-11(10-16(3,4)5)8-15(18)14-7-6-13(17)9-12(14)2/h6-7,9,11H,8,10H2,1-5H3. The first-order chi connectivity index (χ1) is 8.19. The van der Waals surface area contributed by atoms with E-state index in [1.165, 1.54) is 12.1 Å². The largest absolute Gasteiger partial charge is 0.294 e. The summed E-state index contributed by atoms with van der Waals surface area (Å²) in [5.41, 5.74) is 1.61.